The second kappa shape index (κ2) is 45.9. The zero-order valence-corrected chi connectivity index (χ0v) is 25.4. The second-order valence-electron chi connectivity index (χ2n) is 8.62. The van der Waals surface area contributed by atoms with E-state index in [1.54, 1.807) is 0 Å². The first-order chi connectivity index (χ1) is 19.2. The molecule has 0 spiro atoms. The number of allylic oxidation sites excluding steroid dienone is 4. The molecular weight excluding hydrogens is 492 g/mol. The maximum absolute atomic E-state index is 8.45. The molecule has 0 aromatic rings. The third-order valence-corrected chi connectivity index (χ3v) is 5.13. The summed E-state index contributed by atoms with van der Waals surface area (Å²) in [6.07, 6.45) is 31.0. The van der Waals surface area contributed by atoms with Gasteiger partial charge in [0.2, 0.25) is 0 Å². The normalized spacial score (nSPS) is 11.0. The molecule has 0 unspecified atom stereocenters. The largest absolute Gasteiger partial charge is 0.391 e. The number of rotatable bonds is 26. The smallest absolute Gasteiger partial charge is 0.112 e. The van der Waals surface area contributed by atoms with Gasteiger partial charge < -0.3 is 41.9 Å². The van der Waals surface area contributed by atoms with Gasteiger partial charge in [0.1, 0.15) is 13.5 Å². The van der Waals surface area contributed by atoms with Gasteiger partial charge in [-0.25, -0.2) is 0 Å². The van der Waals surface area contributed by atoms with Crippen LogP contribution in [0.3, 0.4) is 0 Å². The van der Waals surface area contributed by atoms with Crippen LogP contribution in [0.15, 0.2) is 49.1 Å². The zero-order chi connectivity index (χ0) is 29.3. The highest BCUT2D eigenvalue weighted by molar-refractivity contribution is 4.80. The van der Waals surface area contributed by atoms with Crippen LogP contribution in [0.5, 0.6) is 0 Å². The molecule has 9 nitrogen and oxygen atoms in total. The highest BCUT2D eigenvalue weighted by atomic mass is 16.3. The van der Waals surface area contributed by atoms with Gasteiger partial charge in [-0.2, -0.15) is 0 Å². The van der Waals surface area contributed by atoms with Crippen molar-refractivity contribution in [1.82, 2.24) is 31.9 Å². The Morgan fingerprint density at radius 3 is 1.05 bits per heavy atom. The fourth-order valence-corrected chi connectivity index (χ4v) is 3.03. The standard InChI is InChI=1S/2C13H26N2O.C4H12N2O/c2*1-2-14-11-9-7-5-3-4-6-8-10-12-15-13-16;1-2-5-3-6-4-7/h2*9-12,14-16H,2-8,13H2,1H3;5-7H,2-4H2,1H3. The highest BCUT2D eigenvalue weighted by Gasteiger charge is 1.88. The third-order valence-electron chi connectivity index (χ3n) is 5.13. The lowest BCUT2D eigenvalue weighted by atomic mass is 10.1. The van der Waals surface area contributed by atoms with Crippen molar-refractivity contribution in [2.45, 2.75) is 97.8 Å². The molecule has 0 amide bonds. The van der Waals surface area contributed by atoms with E-state index < -0.39 is 0 Å². The number of aliphatic hydroxyl groups excluding tert-OH is 3. The van der Waals surface area contributed by atoms with E-state index in [1.165, 1.54) is 64.2 Å². The Labute approximate surface area is 240 Å². The molecule has 0 aliphatic heterocycles. The molecule has 0 bridgehead atoms. The number of unbranched alkanes of at least 4 members (excludes halogenated alkanes) is 10. The predicted octanol–water partition coefficient (Wildman–Crippen LogP) is 4.10. The molecule has 0 atom stereocenters. The average molecular weight is 557 g/mol. The summed E-state index contributed by atoms with van der Waals surface area (Å²) in [5, 5.41) is 42.5. The summed E-state index contributed by atoms with van der Waals surface area (Å²) in [6.45, 7) is 9.94. The van der Waals surface area contributed by atoms with Crippen molar-refractivity contribution in [3.05, 3.63) is 49.1 Å². The summed E-state index contributed by atoms with van der Waals surface area (Å²) in [4.78, 5) is 0. The number of aliphatic hydroxyl groups is 3. The van der Waals surface area contributed by atoms with E-state index >= 15 is 0 Å². The van der Waals surface area contributed by atoms with Gasteiger partial charge in [-0.05, 0) is 96.6 Å². The third kappa shape index (κ3) is 53.0. The Balaban J connectivity index is -0.000000537. The molecule has 0 aromatic heterocycles. The van der Waals surface area contributed by atoms with Crippen LogP contribution in [0.1, 0.15) is 97.8 Å². The van der Waals surface area contributed by atoms with Gasteiger partial charge in [0.05, 0.1) is 6.73 Å². The summed E-state index contributed by atoms with van der Waals surface area (Å²) in [5.74, 6) is 0. The Hall–Kier alpha value is -2.04. The van der Waals surface area contributed by atoms with Crippen molar-refractivity contribution < 1.29 is 15.3 Å². The molecule has 0 fully saturated rings. The molecule has 0 saturated carbocycles. The van der Waals surface area contributed by atoms with E-state index in [4.69, 9.17) is 15.3 Å². The molecule has 9 heteroatoms. The van der Waals surface area contributed by atoms with Gasteiger partial charge in [-0.1, -0.05) is 56.9 Å². The lowest BCUT2D eigenvalue weighted by Gasteiger charge is -1.97. The van der Waals surface area contributed by atoms with Gasteiger partial charge in [0.15, 0.2) is 0 Å². The number of nitrogens with one attached hydrogen (secondary N) is 6. The summed E-state index contributed by atoms with van der Waals surface area (Å²) in [6, 6.07) is 0. The first-order valence-electron chi connectivity index (χ1n) is 15.0. The van der Waals surface area contributed by atoms with E-state index in [-0.39, 0.29) is 20.2 Å². The molecule has 0 saturated heterocycles. The van der Waals surface area contributed by atoms with Gasteiger partial charge in [0, 0.05) is 19.8 Å². The first kappa shape index (κ1) is 41.4. The van der Waals surface area contributed by atoms with Crippen LogP contribution in [0.4, 0.5) is 0 Å². The molecule has 0 aromatic carbocycles. The molecule has 0 heterocycles. The Kier molecular flexibility index (Phi) is 48.7. The van der Waals surface area contributed by atoms with Crippen LogP contribution in [-0.2, 0) is 0 Å². The van der Waals surface area contributed by atoms with Crippen molar-refractivity contribution >= 4 is 0 Å². The number of hydrogen-bond donors (Lipinski definition) is 9. The molecule has 0 aliphatic carbocycles. The molecule has 9 N–H and O–H groups in total. The summed E-state index contributed by atoms with van der Waals surface area (Å²) in [7, 11) is 0. The van der Waals surface area contributed by atoms with Crippen molar-refractivity contribution in [2.24, 2.45) is 0 Å². The topological polar surface area (TPSA) is 133 Å². The van der Waals surface area contributed by atoms with Gasteiger partial charge in [-0.15, -0.1) is 0 Å². The lowest BCUT2D eigenvalue weighted by Crippen LogP contribution is -2.28. The van der Waals surface area contributed by atoms with E-state index in [9.17, 15) is 0 Å². The second-order valence-corrected chi connectivity index (χ2v) is 8.62. The molecule has 0 aliphatic rings. The summed E-state index contributed by atoms with van der Waals surface area (Å²) >= 11 is 0. The minimum absolute atomic E-state index is 0.0225. The van der Waals surface area contributed by atoms with Gasteiger partial charge in [-0.3, -0.25) is 5.32 Å². The van der Waals surface area contributed by atoms with E-state index in [0.29, 0.717) is 6.67 Å². The zero-order valence-electron chi connectivity index (χ0n) is 25.4. The van der Waals surface area contributed by atoms with Gasteiger partial charge in [0.25, 0.3) is 0 Å². The number of hydrogen-bond acceptors (Lipinski definition) is 9. The molecule has 232 valence electrons. The van der Waals surface area contributed by atoms with Crippen LogP contribution in [-0.4, -0.2) is 61.8 Å². The van der Waals surface area contributed by atoms with E-state index in [2.05, 4.69) is 70.1 Å². The monoisotopic (exact) mass is 557 g/mol. The Bertz CT molecular complexity index is 433. The van der Waals surface area contributed by atoms with Crippen molar-refractivity contribution in [3.63, 3.8) is 0 Å². The van der Waals surface area contributed by atoms with Crippen LogP contribution in [0, 0.1) is 0 Å². The maximum Gasteiger partial charge on any atom is 0.112 e. The minimum Gasteiger partial charge on any atom is -0.391 e. The Morgan fingerprint density at radius 1 is 0.410 bits per heavy atom. The minimum atomic E-state index is 0.0225. The van der Waals surface area contributed by atoms with Crippen LogP contribution >= 0.6 is 0 Å². The SMILES string of the molecule is CCNC=CCCCCCCC=CNCO.CCNC=CCCCCCCC=CNCO.CCNCNCO. The fraction of sp³-hybridized carbons (Fsp3) is 0.733. The van der Waals surface area contributed by atoms with Crippen molar-refractivity contribution in [1.29, 1.82) is 0 Å². The molecule has 0 radical (unpaired) electrons. The van der Waals surface area contributed by atoms with Crippen molar-refractivity contribution in [3.8, 4) is 0 Å². The summed E-state index contributed by atoms with van der Waals surface area (Å²) < 4.78 is 0. The molecule has 39 heavy (non-hydrogen) atoms. The quantitative estimate of drug-likeness (QED) is 0.0570. The fourth-order valence-electron chi connectivity index (χ4n) is 3.03. The van der Waals surface area contributed by atoms with Crippen LogP contribution in [0.2, 0.25) is 0 Å². The van der Waals surface area contributed by atoms with Crippen molar-refractivity contribution in [2.75, 3.05) is 46.5 Å². The Morgan fingerprint density at radius 2 is 0.769 bits per heavy atom. The van der Waals surface area contributed by atoms with E-state index in [0.717, 1.165) is 32.5 Å². The highest BCUT2D eigenvalue weighted by Crippen LogP contribution is 2.06. The van der Waals surface area contributed by atoms with E-state index in [1.807, 2.05) is 31.7 Å². The molecular formula is C30H64N6O3. The predicted molar refractivity (Wildman–Crippen MR) is 169 cm³/mol. The lowest BCUT2D eigenvalue weighted by molar-refractivity contribution is 0.257. The maximum atomic E-state index is 8.45. The molecule has 0 rings (SSSR count). The van der Waals surface area contributed by atoms with Crippen LogP contribution in [0.25, 0.3) is 0 Å². The first-order valence-corrected chi connectivity index (χ1v) is 15.0. The summed E-state index contributed by atoms with van der Waals surface area (Å²) in [5.41, 5.74) is 0. The van der Waals surface area contributed by atoms with Crippen LogP contribution < -0.4 is 31.9 Å². The van der Waals surface area contributed by atoms with Gasteiger partial charge >= 0.3 is 0 Å². The average Bonchev–Trinajstić information content (AvgIpc) is 2.95.